The van der Waals surface area contributed by atoms with E-state index in [0.29, 0.717) is 0 Å². The van der Waals surface area contributed by atoms with Gasteiger partial charge in [0.15, 0.2) is 0 Å². The van der Waals surface area contributed by atoms with Crippen LogP contribution in [0.1, 0.15) is 25.7 Å². The van der Waals surface area contributed by atoms with Crippen LogP contribution in [0.4, 0.5) is 0 Å². The van der Waals surface area contributed by atoms with Crippen molar-refractivity contribution in [1.29, 1.82) is 0 Å². The average Bonchev–Trinajstić information content (AvgIpc) is 2.07. The highest BCUT2D eigenvalue weighted by atomic mass is 15.1. The Labute approximate surface area is 70.0 Å². The maximum atomic E-state index is 4.09. The molecule has 0 aliphatic carbocycles. The molecule has 11 heavy (non-hydrogen) atoms. The Morgan fingerprint density at radius 1 is 1.18 bits per heavy atom. The van der Waals surface area contributed by atoms with E-state index in [-0.39, 0.29) is 0 Å². The van der Waals surface area contributed by atoms with E-state index in [1.807, 2.05) is 7.05 Å². The predicted octanol–water partition coefficient (Wildman–Crippen LogP) is 1.10. The van der Waals surface area contributed by atoms with E-state index in [2.05, 4.69) is 10.2 Å². The van der Waals surface area contributed by atoms with Gasteiger partial charge in [0.05, 0.1) is 0 Å². The van der Waals surface area contributed by atoms with Crippen LogP contribution in [0.25, 0.3) is 0 Å². The second-order valence-corrected chi connectivity index (χ2v) is 3.30. The molecule has 65 valence electrons. The van der Waals surface area contributed by atoms with Gasteiger partial charge in [0.2, 0.25) is 0 Å². The Kier molecular flexibility index (Phi) is 4.55. The number of nitrogens with zero attached hydrogens (tertiary/aromatic N) is 2. The lowest BCUT2D eigenvalue weighted by atomic mass is 10.1. The third kappa shape index (κ3) is 3.73. The summed E-state index contributed by atoms with van der Waals surface area (Å²) in [5, 5.41) is 4.09. The summed E-state index contributed by atoms with van der Waals surface area (Å²) in [5.41, 5.74) is 0. The molecule has 1 aliphatic rings. The molecule has 0 aromatic rings. The summed E-state index contributed by atoms with van der Waals surface area (Å²) >= 11 is 0. The largest absolute Gasteiger partial charge is 0.303 e. The van der Waals surface area contributed by atoms with E-state index < -0.39 is 0 Å². The van der Waals surface area contributed by atoms with Crippen molar-refractivity contribution < 1.29 is 0 Å². The van der Waals surface area contributed by atoms with Crippen LogP contribution in [0.2, 0.25) is 0 Å². The summed E-state index contributed by atoms with van der Waals surface area (Å²) in [5.74, 6) is 0. The molecule has 0 N–H and O–H groups in total. The fourth-order valence-corrected chi connectivity index (χ4v) is 1.64. The van der Waals surface area contributed by atoms with Gasteiger partial charge >= 0.3 is 0 Å². The molecule has 0 aromatic carbocycles. The van der Waals surface area contributed by atoms with Gasteiger partial charge in [-0.3, -0.25) is 0 Å². The second-order valence-electron chi connectivity index (χ2n) is 3.30. The molecule has 1 radical (unpaired) electrons. The second kappa shape index (κ2) is 5.56. The first kappa shape index (κ1) is 9.01. The van der Waals surface area contributed by atoms with Crippen molar-refractivity contribution in [3.63, 3.8) is 0 Å². The van der Waals surface area contributed by atoms with Crippen LogP contribution in [0.5, 0.6) is 0 Å². The zero-order valence-corrected chi connectivity index (χ0v) is 7.55. The van der Waals surface area contributed by atoms with Gasteiger partial charge in [-0.2, -0.15) is 0 Å². The number of rotatable bonds is 4. The van der Waals surface area contributed by atoms with Gasteiger partial charge in [-0.25, -0.2) is 5.32 Å². The molecule has 2 heteroatoms. The summed E-state index contributed by atoms with van der Waals surface area (Å²) in [6.07, 6.45) is 5.50. The molecule has 0 bridgehead atoms. The summed E-state index contributed by atoms with van der Waals surface area (Å²) in [6, 6.07) is 0. The fraction of sp³-hybridized carbons (Fsp3) is 1.00. The highest BCUT2D eigenvalue weighted by Crippen LogP contribution is 2.08. The van der Waals surface area contributed by atoms with Crippen molar-refractivity contribution in [3.8, 4) is 0 Å². The molecule has 0 aromatic heterocycles. The Bertz CT molecular complexity index is 87.6. The lowest BCUT2D eigenvalue weighted by Crippen LogP contribution is -2.31. The minimum absolute atomic E-state index is 1.04. The van der Waals surface area contributed by atoms with Crippen LogP contribution >= 0.6 is 0 Å². The van der Waals surface area contributed by atoms with Crippen molar-refractivity contribution in [3.05, 3.63) is 0 Å². The third-order valence-electron chi connectivity index (χ3n) is 2.30. The van der Waals surface area contributed by atoms with Gasteiger partial charge in [-0.05, 0) is 38.9 Å². The topological polar surface area (TPSA) is 17.3 Å². The van der Waals surface area contributed by atoms with Crippen LogP contribution in [0.15, 0.2) is 0 Å². The molecule has 0 amide bonds. The smallest absolute Gasteiger partial charge is 0.0142 e. The molecule has 1 aliphatic heterocycles. The molecule has 0 saturated carbocycles. The molecular weight excluding hydrogens is 136 g/mol. The normalized spacial score (nSPS) is 20.5. The maximum absolute atomic E-state index is 4.09. The van der Waals surface area contributed by atoms with Gasteiger partial charge in [0.1, 0.15) is 0 Å². The average molecular weight is 155 g/mol. The zero-order valence-electron chi connectivity index (χ0n) is 7.55. The van der Waals surface area contributed by atoms with Crippen molar-refractivity contribution in [1.82, 2.24) is 10.2 Å². The monoisotopic (exact) mass is 155 g/mol. The number of piperidine rings is 1. The molecule has 0 atom stereocenters. The van der Waals surface area contributed by atoms with E-state index in [9.17, 15) is 0 Å². The predicted molar refractivity (Wildman–Crippen MR) is 47.8 cm³/mol. The Balaban J connectivity index is 1.96. The lowest BCUT2D eigenvalue weighted by Gasteiger charge is -2.25. The fourth-order valence-electron chi connectivity index (χ4n) is 1.64. The molecule has 2 nitrogen and oxygen atoms in total. The molecule has 0 unspecified atom stereocenters. The van der Waals surface area contributed by atoms with Gasteiger partial charge in [0, 0.05) is 13.6 Å². The summed E-state index contributed by atoms with van der Waals surface area (Å²) in [7, 11) is 1.90. The summed E-state index contributed by atoms with van der Waals surface area (Å²) in [6.45, 7) is 4.95. The molecule has 1 rings (SSSR count). The SMILES string of the molecule is C[N]CCCN1CCCCC1. The van der Waals surface area contributed by atoms with Crippen molar-refractivity contribution in [2.45, 2.75) is 25.7 Å². The minimum atomic E-state index is 1.04. The maximum Gasteiger partial charge on any atom is 0.0142 e. The Hall–Kier alpha value is -0.0800. The van der Waals surface area contributed by atoms with E-state index in [1.165, 1.54) is 45.3 Å². The first-order valence-corrected chi connectivity index (χ1v) is 4.71. The number of hydrogen-bond donors (Lipinski definition) is 0. The molecule has 1 heterocycles. The molecule has 0 spiro atoms. The van der Waals surface area contributed by atoms with E-state index >= 15 is 0 Å². The first-order valence-electron chi connectivity index (χ1n) is 4.71. The van der Waals surface area contributed by atoms with Crippen molar-refractivity contribution in [2.75, 3.05) is 33.2 Å². The third-order valence-corrected chi connectivity index (χ3v) is 2.30. The van der Waals surface area contributed by atoms with Crippen LogP contribution in [-0.2, 0) is 0 Å². The molecule has 1 fully saturated rings. The molecular formula is C9H19N2. The molecule has 1 saturated heterocycles. The standard InChI is InChI=1S/C9H19N2/c1-10-6-5-9-11-7-3-2-4-8-11/h2-9H2,1H3. The Morgan fingerprint density at radius 3 is 2.55 bits per heavy atom. The van der Waals surface area contributed by atoms with E-state index in [4.69, 9.17) is 0 Å². The van der Waals surface area contributed by atoms with Gasteiger partial charge in [-0.15, -0.1) is 0 Å². The lowest BCUT2D eigenvalue weighted by molar-refractivity contribution is 0.226. The van der Waals surface area contributed by atoms with Gasteiger partial charge in [-0.1, -0.05) is 6.42 Å². The first-order chi connectivity index (χ1) is 5.43. The summed E-state index contributed by atoms with van der Waals surface area (Å²) in [4.78, 5) is 2.56. The number of hydrogen-bond acceptors (Lipinski definition) is 1. The van der Waals surface area contributed by atoms with Crippen LogP contribution in [0, 0.1) is 0 Å². The van der Waals surface area contributed by atoms with Crippen molar-refractivity contribution in [2.24, 2.45) is 0 Å². The van der Waals surface area contributed by atoms with E-state index in [0.717, 1.165) is 6.54 Å². The van der Waals surface area contributed by atoms with Gasteiger partial charge < -0.3 is 4.90 Å². The minimum Gasteiger partial charge on any atom is -0.303 e. The number of likely N-dealkylation sites (tertiary alicyclic amines) is 1. The summed E-state index contributed by atoms with van der Waals surface area (Å²) < 4.78 is 0. The van der Waals surface area contributed by atoms with Crippen LogP contribution in [0.3, 0.4) is 0 Å². The zero-order chi connectivity index (χ0) is 7.94. The highest BCUT2D eigenvalue weighted by Gasteiger charge is 2.08. The quantitative estimate of drug-likeness (QED) is 0.556. The van der Waals surface area contributed by atoms with Crippen molar-refractivity contribution >= 4 is 0 Å². The van der Waals surface area contributed by atoms with Crippen LogP contribution < -0.4 is 5.32 Å². The van der Waals surface area contributed by atoms with Crippen LogP contribution in [-0.4, -0.2) is 38.1 Å². The highest BCUT2D eigenvalue weighted by molar-refractivity contribution is 4.64. The Morgan fingerprint density at radius 2 is 1.91 bits per heavy atom. The van der Waals surface area contributed by atoms with E-state index in [1.54, 1.807) is 0 Å². The van der Waals surface area contributed by atoms with Gasteiger partial charge in [0.25, 0.3) is 0 Å².